The molecule has 0 amide bonds. The van der Waals surface area contributed by atoms with E-state index in [1.165, 1.54) is 19.3 Å². The lowest BCUT2D eigenvalue weighted by Gasteiger charge is -2.23. The predicted molar refractivity (Wildman–Crippen MR) is 123 cm³/mol. The maximum Gasteiger partial charge on any atom is 0.233 e. The third-order valence-electron chi connectivity index (χ3n) is 5.82. The van der Waals surface area contributed by atoms with Crippen molar-refractivity contribution >= 4 is 28.9 Å². The molecule has 0 radical (unpaired) electrons. The SMILES string of the molecule is Oc1ccc(CCNc2nc(Nc3ncccn3)nc3c2ncn3C2CCCCC2)cc1. The van der Waals surface area contributed by atoms with Gasteiger partial charge < -0.3 is 15.0 Å². The van der Waals surface area contributed by atoms with E-state index in [0.717, 1.165) is 36.0 Å². The molecule has 0 spiro atoms. The Bertz CT molecular complexity index is 1170. The van der Waals surface area contributed by atoms with Crippen LogP contribution in [-0.4, -0.2) is 41.1 Å². The fourth-order valence-electron chi connectivity index (χ4n) is 4.17. The molecule has 1 aromatic carbocycles. The monoisotopic (exact) mass is 430 g/mol. The van der Waals surface area contributed by atoms with E-state index in [1.54, 1.807) is 30.6 Å². The van der Waals surface area contributed by atoms with Gasteiger partial charge in [0.15, 0.2) is 17.0 Å². The van der Waals surface area contributed by atoms with Crippen LogP contribution in [0.3, 0.4) is 0 Å². The van der Waals surface area contributed by atoms with Crippen LogP contribution in [-0.2, 0) is 6.42 Å². The lowest BCUT2D eigenvalue weighted by atomic mass is 9.95. The molecule has 0 unspecified atom stereocenters. The molecule has 0 bridgehead atoms. The van der Waals surface area contributed by atoms with Gasteiger partial charge in [-0.25, -0.2) is 15.0 Å². The first-order chi connectivity index (χ1) is 15.8. The van der Waals surface area contributed by atoms with E-state index in [0.29, 0.717) is 30.3 Å². The summed E-state index contributed by atoms with van der Waals surface area (Å²) >= 11 is 0. The van der Waals surface area contributed by atoms with Gasteiger partial charge in [0.1, 0.15) is 5.75 Å². The third kappa shape index (κ3) is 4.46. The molecule has 32 heavy (non-hydrogen) atoms. The standard InChI is InChI=1S/C23H26N8O/c32-18-9-7-16(8-10-18)11-14-24-20-19-21(31(15-27-19)17-5-2-1-3-6-17)29-23(28-20)30-22-25-12-4-13-26-22/h4,7-10,12-13,15,17,32H,1-3,5-6,11,14H2,(H2,24,25,26,28,29,30). The molecular formula is C23H26N8O. The second kappa shape index (κ2) is 9.17. The summed E-state index contributed by atoms with van der Waals surface area (Å²) < 4.78 is 2.19. The van der Waals surface area contributed by atoms with Gasteiger partial charge in [-0.3, -0.25) is 5.32 Å². The van der Waals surface area contributed by atoms with Crippen molar-refractivity contribution in [2.24, 2.45) is 0 Å². The molecule has 164 valence electrons. The number of aromatic hydroxyl groups is 1. The summed E-state index contributed by atoms with van der Waals surface area (Å²) in [7, 11) is 0. The number of phenols is 1. The molecule has 5 rings (SSSR count). The van der Waals surface area contributed by atoms with Crippen LogP contribution in [0.2, 0.25) is 0 Å². The average Bonchev–Trinajstić information content (AvgIpc) is 3.26. The van der Waals surface area contributed by atoms with Crippen LogP contribution < -0.4 is 10.6 Å². The smallest absolute Gasteiger partial charge is 0.233 e. The molecular weight excluding hydrogens is 404 g/mol. The summed E-state index contributed by atoms with van der Waals surface area (Å²) in [5.41, 5.74) is 2.71. The Morgan fingerprint density at radius 3 is 2.50 bits per heavy atom. The molecule has 3 N–H and O–H groups in total. The third-order valence-corrected chi connectivity index (χ3v) is 5.82. The summed E-state index contributed by atoms with van der Waals surface area (Å²) in [4.78, 5) is 22.6. The second-order valence-corrected chi connectivity index (χ2v) is 8.05. The molecule has 1 aliphatic carbocycles. The minimum atomic E-state index is 0.270. The number of fused-ring (bicyclic) bond motifs is 1. The maximum atomic E-state index is 9.48. The van der Waals surface area contributed by atoms with Crippen molar-refractivity contribution in [2.45, 2.75) is 44.6 Å². The van der Waals surface area contributed by atoms with Gasteiger partial charge in [0.05, 0.1) is 6.33 Å². The average molecular weight is 431 g/mol. The Labute approximate surface area is 186 Å². The predicted octanol–water partition coefficient (Wildman–Crippen LogP) is 4.23. The number of hydrogen-bond donors (Lipinski definition) is 3. The van der Waals surface area contributed by atoms with E-state index in [2.05, 4.69) is 35.1 Å². The first-order valence-electron chi connectivity index (χ1n) is 11.1. The minimum absolute atomic E-state index is 0.270. The second-order valence-electron chi connectivity index (χ2n) is 8.05. The molecule has 0 atom stereocenters. The fraction of sp³-hybridized carbons (Fsp3) is 0.348. The van der Waals surface area contributed by atoms with Crippen molar-refractivity contribution in [2.75, 3.05) is 17.2 Å². The lowest BCUT2D eigenvalue weighted by Crippen LogP contribution is -2.14. The van der Waals surface area contributed by atoms with Crippen molar-refractivity contribution in [3.63, 3.8) is 0 Å². The molecule has 0 aliphatic heterocycles. The van der Waals surface area contributed by atoms with Crippen LogP contribution in [0, 0.1) is 0 Å². The van der Waals surface area contributed by atoms with Gasteiger partial charge in [-0.2, -0.15) is 9.97 Å². The number of nitrogens with one attached hydrogen (secondary N) is 2. The Hall–Kier alpha value is -3.75. The van der Waals surface area contributed by atoms with Crippen molar-refractivity contribution in [3.05, 3.63) is 54.6 Å². The molecule has 0 saturated heterocycles. The number of rotatable bonds is 7. The van der Waals surface area contributed by atoms with Gasteiger partial charge in [-0.1, -0.05) is 31.4 Å². The van der Waals surface area contributed by atoms with Gasteiger partial charge in [0.2, 0.25) is 11.9 Å². The van der Waals surface area contributed by atoms with Crippen molar-refractivity contribution < 1.29 is 5.11 Å². The molecule has 1 fully saturated rings. The Kier molecular flexibility index (Phi) is 5.78. The molecule has 9 nitrogen and oxygen atoms in total. The summed E-state index contributed by atoms with van der Waals surface area (Å²) in [5, 5.41) is 16.0. The van der Waals surface area contributed by atoms with E-state index < -0.39 is 0 Å². The van der Waals surface area contributed by atoms with Crippen LogP contribution in [0.4, 0.5) is 17.7 Å². The molecule has 9 heteroatoms. The molecule has 1 aliphatic rings. The normalized spacial score (nSPS) is 14.5. The van der Waals surface area contributed by atoms with E-state index in [-0.39, 0.29) is 5.75 Å². The van der Waals surface area contributed by atoms with Crippen molar-refractivity contribution in [1.29, 1.82) is 0 Å². The highest BCUT2D eigenvalue weighted by Gasteiger charge is 2.21. The zero-order valence-corrected chi connectivity index (χ0v) is 17.8. The number of benzene rings is 1. The summed E-state index contributed by atoms with van der Waals surface area (Å²) in [6.07, 6.45) is 12.1. The number of hydrogen-bond acceptors (Lipinski definition) is 8. The van der Waals surface area contributed by atoms with Gasteiger partial charge >= 0.3 is 0 Å². The quantitative estimate of drug-likeness (QED) is 0.399. The summed E-state index contributed by atoms with van der Waals surface area (Å²) in [5.74, 6) is 1.84. The van der Waals surface area contributed by atoms with Crippen LogP contribution in [0.1, 0.15) is 43.7 Å². The number of imidazole rings is 1. The number of aromatic nitrogens is 6. The lowest BCUT2D eigenvalue weighted by molar-refractivity contribution is 0.358. The molecule has 3 aromatic heterocycles. The Morgan fingerprint density at radius 1 is 0.938 bits per heavy atom. The first-order valence-corrected chi connectivity index (χ1v) is 11.1. The van der Waals surface area contributed by atoms with E-state index in [1.807, 2.05) is 18.5 Å². The largest absolute Gasteiger partial charge is 0.508 e. The zero-order valence-electron chi connectivity index (χ0n) is 17.8. The van der Waals surface area contributed by atoms with Crippen LogP contribution >= 0.6 is 0 Å². The van der Waals surface area contributed by atoms with Gasteiger partial charge in [-0.05, 0) is 43.0 Å². The van der Waals surface area contributed by atoms with Crippen LogP contribution in [0.15, 0.2) is 49.1 Å². The molecule has 4 aromatic rings. The van der Waals surface area contributed by atoms with Gasteiger partial charge in [0, 0.05) is 25.0 Å². The van der Waals surface area contributed by atoms with Gasteiger partial charge in [0.25, 0.3) is 0 Å². The number of nitrogens with zero attached hydrogens (tertiary/aromatic N) is 6. The highest BCUT2D eigenvalue weighted by molar-refractivity contribution is 5.84. The molecule has 3 heterocycles. The Morgan fingerprint density at radius 2 is 1.72 bits per heavy atom. The molecule has 1 saturated carbocycles. The van der Waals surface area contributed by atoms with Gasteiger partial charge in [-0.15, -0.1) is 0 Å². The highest BCUT2D eigenvalue weighted by atomic mass is 16.3. The fourth-order valence-corrected chi connectivity index (χ4v) is 4.17. The minimum Gasteiger partial charge on any atom is -0.508 e. The topological polar surface area (TPSA) is 114 Å². The number of phenolic OH excluding ortho intramolecular Hbond substituents is 1. The van der Waals surface area contributed by atoms with E-state index in [9.17, 15) is 5.11 Å². The zero-order chi connectivity index (χ0) is 21.8. The maximum absolute atomic E-state index is 9.48. The van der Waals surface area contributed by atoms with Crippen LogP contribution in [0.5, 0.6) is 5.75 Å². The highest BCUT2D eigenvalue weighted by Crippen LogP contribution is 2.32. The number of anilines is 3. The van der Waals surface area contributed by atoms with Crippen LogP contribution in [0.25, 0.3) is 11.2 Å². The van der Waals surface area contributed by atoms with E-state index in [4.69, 9.17) is 4.98 Å². The van der Waals surface area contributed by atoms with Crippen molar-refractivity contribution in [1.82, 2.24) is 29.5 Å². The Balaban J connectivity index is 1.43. The van der Waals surface area contributed by atoms with Crippen molar-refractivity contribution in [3.8, 4) is 5.75 Å². The van der Waals surface area contributed by atoms with E-state index >= 15 is 0 Å². The summed E-state index contributed by atoms with van der Waals surface area (Å²) in [6.45, 7) is 0.675. The summed E-state index contributed by atoms with van der Waals surface area (Å²) in [6, 6.07) is 9.42. The first kappa shape index (κ1) is 20.2.